The number of fused-ring (bicyclic) bond motifs is 1. The van der Waals surface area contributed by atoms with Gasteiger partial charge >= 0.3 is 5.82 Å². The van der Waals surface area contributed by atoms with Gasteiger partial charge < -0.3 is 46.2 Å². The third-order valence-corrected chi connectivity index (χ3v) is 9.17. The van der Waals surface area contributed by atoms with E-state index in [1.807, 2.05) is 31.3 Å². The van der Waals surface area contributed by atoms with Gasteiger partial charge in [-0.2, -0.15) is 4.98 Å². The topological polar surface area (TPSA) is 130 Å². The van der Waals surface area contributed by atoms with Crippen LogP contribution in [0.2, 0.25) is 10.0 Å². The van der Waals surface area contributed by atoms with Gasteiger partial charge in [0.15, 0.2) is 5.69 Å². The quantitative estimate of drug-likeness (QED) is 0.117. The molecule has 0 unspecified atom stereocenters. The van der Waals surface area contributed by atoms with Crippen molar-refractivity contribution in [3.8, 4) is 16.9 Å². The molecule has 3 aromatic heterocycles. The zero-order valence-electron chi connectivity index (χ0n) is 26.6. The Balaban J connectivity index is 0.00000500. The number of quaternary nitrogens is 1. The fraction of sp³-hybridized carbons (Fsp3) is 0.312. The average molecular weight is 746 g/mol. The standard InChI is InChI=1S/C32H34Cl2N8O4.BrH/c1-6-42(7-2,19-27-30(41(44)45)36-20(3)39(27)4)15-16-46-23-13-11-22(12-14-23)37-32-35-18-21-17-24(31(43)40(5)29(21)38-32)28-25(33)9-8-10-26(28)34;/h8-14,17-18H,6-7,15-16,19H2,1-5H3;1H. The van der Waals surface area contributed by atoms with Crippen LogP contribution in [-0.2, 0) is 20.6 Å². The highest BCUT2D eigenvalue weighted by atomic mass is 79.9. The molecule has 248 valence electrons. The lowest BCUT2D eigenvalue weighted by molar-refractivity contribution is -0.938. The van der Waals surface area contributed by atoms with E-state index in [9.17, 15) is 14.9 Å². The molecule has 5 aromatic rings. The molecule has 0 aliphatic carbocycles. The van der Waals surface area contributed by atoms with Crippen LogP contribution >= 0.6 is 23.2 Å². The highest BCUT2D eigenvalue weighted by molar-refractivity contribution is 6.39. The summed E-state index contributed by atoms with van der Waals surface area (Å²) in [7, 11) is 3.46. The van der Waals surface area contributed by atoms with Crippen LogP contribution in [0.4, 0.5) is 17.5 Å². The Bertz CT molecular complexity index is 1960. The number of pyridine rings is 1. The Morgan fingerprint density at radius 1 is 1.02 bits per heavy atom. The van der Waals surface area contributed by atoms with Gasteiger partial charge in [-0.1, -0.05) is 29.3 Å². The fourth-order valence-electron chi connectivity index (χ4n) is 5.48. The highest BCUT2D eigenvalue weighted by Gasteiger charge is 2.33. The predicted molar refractivity (Wildman–Crippen MR) is 180 cm³/mol. The van der Waals surface area contributed by atoms with E-state index in [0.29, 0.717) is 79.6 Å². The Labute approximate surface area is 292 Å². The normalized spacial score (nSPS) is 11.4. The van der Waals surface area contributed by atoms with E-state index in [4.69, 9.17) is 27.9 Å². The summed E-state index contributed by atoms with van der Waals surface area (Å²) in [6, 6.07) is 14.2. The molecule has 47 heavy (non-hydrogen) atoms. The largest absolute Gasteiger partial charge is 1.00 e. The molecule has 0 amide bonds. The summed E-state index contributed by atoms with van der Waals surface area (Å²) in [5.41, 5.74) is 2.36. The second-order valence-corrected chi connectivity index (χ2v) is 11.9. The molecule has 1 N–H and O–H groups in total. The van der Waals surface area contributed by atoms with Gasteiger partial charge in [0, 0.05) is 43.9 Å². The monoisotopic (exact) mass is 744 g/mol. The molecule has 0 radical (unpaired) electrons. The number of nitro groups is 1. The number of ether oxygens (including phenoxy) is 1. The zero-order valence-corrected chi connectivity index (χ0v) is 29.7. The molecule has 0 bridgehead atoms. The first-order chi connectivity index (χ1) is 22.0. The van der Waals surface area contributed by atoms with Crippen LogP contribution in [0.15, 0.2) is 59.5 Å². The molecular formula is C32H35BrCl2N8O4. The Kier molecular flexibility index (Phi) is 11.3. The van der Waals surface area contributed by atoms with Crippen LogP contribution in [0.3, 0.4) is 0 Å². The van der Waals surface area contributed by atoms with Crippen molar-refractivity contribution in [2.45, 2.75) is 27.3 Å². The molecule has 12 nitrogen and oxygen atoms in total. The van der Waals surface area contributed by atoms with Gasteiger partial charge in [-0.25, -0.2) is 4.98 Å². The van der Waals surface area contributed by atoms with E-state index < -0.39 is 4.92 Å². The predicted octanol–water partition coefficient (Wildman–Crippen LogP) is 3.44. The summed E-state index contributed by atoms with van der Waals surface area (Å²) in [5.74, 6) is 1.54. The second kappa shape index (κ2) is 14.8. The molecule has 0 aliphatic heterocycles. The van der Waals surface area contributed by atoms with E-state index in [0.717, 1.165) is 18.8 Å². The minimum atomic E-state index is -0.410. The van der Waals surface area contributed by atoms with Crippen molar-refractivity contribution in [3.05, 3.63) is 96.8 Å². The molecule has 0 saturated carbocycles. The van der Waals surface area contributed by atoms with Gasteiger partial charge in [0.1, 0.15) is 31.1 Å². The molecule has 5 rings (SSSR count). The van der Waals surface area contributed by atoms with Crippen LogP contribution in [-0.4, -0.2) is 59.7 Å². The number of aryl methyl sites for hydroxylation is 2. The van der Waals surface area contributed by atoms with E-state index >= 15 is 0 Å². The van der Waals surface area contributed by atoms with Crippen molar-refractivity contribution < 1.29 is 31.1 Å². The molecule has 3 heterocycles. The number of likely N-dealkylation sites (N-methyl/N-ethyl adjacent to an activating group) is 1. The number of imidazole rings is 1. The molecule has 2 aromatic carbocycles. The first kappa shape index (κ1) is 35.8. The van der Waals surface area contributed by atoms with Crippen LogP contribution < -0.4 is 32.6 Å². The number of nitrogens with one attached hydrogen (secondary N) is 1. The van der Waals surface area contributed by atoms with Gasteiger partial charge in [0.25, 0.3) is 5.56 Å². The molecule has 0 atom stereocenters. The van der Waals surface area contributed by atoms with Crippen LogP contribution in [0.1, 0.15) is 25.4 Å². The van der Waals surface area contributed by atoms with Crippen molar-refractivity contribution in [1.29, 1.82) is 0 Å². The number of nitrogens with zero attached hydrogens (tertiary/aromatic N) is 7. The highest BCUT2D eigenvalue weighted by Crippen LogP contribution is 2.34. The summed E-state index contributed by atoms with van der Waals surface area (Å²) in [6.07, 6.45) is 1.64. The minimum Gasteiger partial charge on any atom is -1.00 e. The molecule has 0 spiro atoms. The second-order valence-electron chi connectivity index (χ2n) is 11.1. The molecular weight excluding hydrogens is 711 g/mol. The Morgan fingerprint density at radius 2 is 1.68 bits per heavy atom. The first-order valence-electron chi connectivity index (χ1n) is 14.8. The van der Waals surface area contributed by atoms with Gasteiger partial charge in [-0.15, -0.1) is 0 Å². The molecule has 0 aliphatic rings. The van der Waals surface area contributed by atoms with Gasteiger partial charge in [-0.3, -0.25) is 9.36 Å². The maximum Gasteiger partial charge on any atom is 0.391 e. The summed E-state index contributed by atoms with van der Waals surface area (Å²) in [4.78, 5) is 37.6. The van der Waals surface area contributed by atoms with Crippen molar-refractivity contribution >= 4 is 51.7 Å². The summed E-state index contributed by atoms with van der Waals surface area (Å²) in [6.45, 7) is 9.10. The average Bonchev–Trinajstić information content (AvgIpc) is 3.32. The third-order valence-electron chi connectivity index (χ3n) is 8.54. The lowest BCUT2D eigenvalue weighted by Gasteiger charge is -2.36. The maximum absolute atomic E-state index is 13.2. The number of benzene rings is 2. The van der Waals surface area contributed by atoms with Crippen LogP contribution in [0.5, 0.6) is 5.75 Å². The van der Waals surface area contributed by atoms with Crippen LogP contribution in [0, 0.1) is 17.0 Å². The van der Waals surface area contributed by atoms with Crippen molar-refractivity contribution in [2.24, 2.45) is 14.1 Å². The third kappa shape index (κ3) is 7.43. The number of anilines is 2. The first-order valence-corrected chi connectivity index (χ1v) is 15.5. The van der Waals surface area contributed by atoms with Gasteiger partial charge in [0.2, 0.25) is 11.8 Å². The van der Waals surface area contributed by atoms with Gasteiger partial charge in [0.05, 0.1) is 28.7 Å². The van der Waals surface area contributed by atoms with Crippen molar-refractivity contribution in [1.82, 2.24) is 24.1 Å². The Morgan fingerprint density at radius 3 is 2.30 bits per heavy atom. The maximum atomic E-state index is 13.2. The summed E-state index contributed by atoms with van der Waals surface area (Å²) < 4.78 is 9.96. The van der Waals surface area contributed by atoms with Crippen molar-refractivity contribution in [2.75, 3.05) is 31.6 Å². The van der Waals surface area contributed by atoms with E-state index in [2.05, 4.69) is 34.1 Å². The minimum absolute atomic E-state index is 0. The Hall–Kier alpha value is -4.04. The molecule has 15 heteroatoms. The summed E-state index contributed by atoms with van der Waals surface area (Å²) >= 11 is 12.7. The van der Waals surface area contributed by atoms with Crippen molar-refractivity contribution in [3.63, 3.8) is 0 Å². The molecule has 0 saturated heterocycles. The van der Waals surface area contributed by atoms with Crippen LogP contribution in [0.25, 0.3) is 22.2 Å². The summed E-state index contributed by atoms with van der Waals surface area (Å²) in [5, 5.41) is 16.2. The lowest BCUT2D eigenvalue weighted by Crippen LogP contribution is -3.00. The number of halogens is 3. The number of aromatic nitrogens is 5. The molecule has 0 fully saturated rings. The fourth-order valence-corrected chi connectivity index (χ4v) is 6.08. The van der Waals surface area contributed by atoms with Gasteiger partial charge in [-0.05, 0) is 66.2 Å². The van der Waals surface area contributed by atoms with E-state index in [-0.39, 0.29) is 28.4 Å². The number of hydrogen-bond donors (Lipinski definition) is 1. The number of hydrogen-bond acceptors (Lipinski definition) is 8. The lowest BCUT2D eigenvalue weighted by atomic mass is 10.1. The number of rotatable bonds is 12. The van der Waals surface area contributed by atoms with E-state index in [1.165, 1.54) is 4.57 Å². The van der Waals surface area contributed by atoms with E-state index in [1.54, 1.807) is 49.0 Å². The SMILES string of the molecule is CC[N+](CC)(CCOc1ccc(Nc2ncc3cc(-c4c(Cl)cccc4Cl)c(=O)n(C)c3n2)cc1)Cc1c([N+](=O)[O-])nc(C)n1C.[Br-]. The smallest absolute Gasteiger partial charge is 0.391 e. The zero-order chi connectivity index (χ0) is 33.2.